The highest BCUT2D eigenvalue weighted by Gasteiger charge is 2.17. The predicted octanol–water partition coefficient (Wildman–Crippen LogP) is 6.52. The molecule has 0 saturated carbocycles. The summed E-state index contributed by atoms with van der Waals surface area (Å²) < 4.78 is 0. The minimum Gasteiger partial charge on any atom is -0.388 e. The van der Waals surface area contributed by atoms with Crippen LogP contribution >= 0.6 is 0 Å². The molecule has 0 heterocycles. The summed E-state index contributed by atoms with van der Waals surface area (Å²) in [6.07, 6.45) is 16.0. The van der Waals surface area contributed by atoms with Crippen LogP contribution in [0.1, 0.15) is 80.1 Å². The monoisotopic (exact) mass is 410 g/mol. The van der Waals surface area contributed by atoms with Gasteiger partial charge in [0, 0.05) is 11.1 Å². The van der Waals surface area contributed by atoms with Crippen molar-refractivity contribution >= 4 is 11.6 Å². The van der Waals surface area contributed by atoms with Crippen LogP contribution in [0.5, 0.6) is 0 Å². The fourth-order valence-corrected chi connectivity index (χ4v) is 3.19. The third-order valence-electron chi connectivity index (χ3n) is 5.31. The molecule has 0 spiro atoms. The molecular formula is C27H38O3. The number of hydrogen-bond donors (Lipinski definition) is 1. The number of aliphatic hydroxyl groups is 1. The van der Waals surface area contributed by atoms with Crippen molar-refractivity contribution in [2.24, 2.45) is 0 Å². The van der Waals surface area contributed by atoms with E-state index in [1.165, 1.54) is 28.9 Å². The number of rotatable bonds is 11. The van der Waals surface area contributed by atoms with Gasteiger partial charge in [-0.15, -0.1) is 0 Å². The largest absolute Gasteiger partial charge is 0.388 e. The number of carbonyl (C=O) groups is 2. The van der Waals surface area contributed by atoms with Crippen LogP contribution in [0.2, 0.25) is 0 Å². The van der Waals surface area contributed by atoms with E-state index in [1.807, 2.05) is 20.8 Å². The summed E-state index contributed by atoms with van der Waals surface area (Å²) in [6.45, 7) is 12.0. The Balaban J connectivity index is 2.41. The first-order valence-electron chi connectivity index (χ1n) is 10.9. The summed E-state index contributed by atoms with van der Waals surface area (Å²) in [6, 6.07) is 0. The van der Waals surface area contributed by atoms with E-state index in [2.05, 4.69) is 38.2 Å². The van der Waals surface area contributed by atoms with Crippen molar-refractivity contribution in [1.82, 2.24) is 0 Å². The topological polar surface area (TPSA) is 54.4 Å². The molecule has 30 heavy (non-hydrogen) atoms. The number of aliphatic hydroxyl groups excluding tert-OH is 1. The van der Waals surface area contributed by atoms with E-state index in [1.54, 1.807) is 6.92 Å². The Morgan fingerprint density at radius 2 is 1.50 bits per heavy atom. The number of carbonyl (C=O) groups excluding carboxylic acids is 2. The van der Waals surface area contributed by atoms with Crippen LogP contribution < -0.4 is 0 Å². The maximum absolute atomic E-state index is 12.1. The molecule has 0 aromatic heterocycles. The number of ketones is 2. The second kappa shape index (κ2) is 13.1. The molecule has 0 amide bonds. The molecule has 0 radical (unpaired) electrons. The van der Waals surface area contributed by atoms with Gasteiger partial charge in [-0.2, -0.15) is 0 Å². The van der Waals surface area contributed by atoms with Crippen LogP contribution in [0.3, 0.4) is 0 Å². The van der Waals surface area contributed by atoms with Crippen LogP contribution in [-0.2, 0) is 9.59 Å². The molecule has 0 aliphatic heterocycles. The molecule has 0 aromatic carbocycles. The zero-order valence-electron chi connectivity index (χ0n) is 19.5. The summed E-state index contributed by atoms with van der Waals surface area (Å²) in [4.78, 5) is 23.7. The normalized spacial score (nSPS) is 17.0. The van der Waals surface area contributed by atoms with Crippen molar-refractivity contribution in [1.29, 1.82) is 0 Å². The Hall–Kier alpha value is -2.26. The van der Waals surface area contributed by atoms with Crippen LogP contribution in [0.15, 0.2) is 69.9 Å². The lowest BCUT2D eigenvalue weighted by Crippen LogP contribution is -2.12. The van der Waals surface area contributed by atoms with E-state index >= 15 is 0 Å². The van der Waals surface area contributed by atoms with Gasteiger partial charge in [0.25, 0.3) is 0 Å². The van der Waals surface area contributed by atoms with Gasteiger partial charge in [0.05, 0.1) is 6.10 Å². The molecule has 1 rings (SSSR count). The molecular weight excluding hydrogens is 372 g/mol. The molecule has 0 fully saturated rings. The SMILES string of the molecule is CC(C)=CCC(O)/C(C)=C/CC/C(C)=C/CC/C(C)=C/CC1=CC(=O)C=C(C)C1=O. The minimum atomic E-state index is -0.391. The average Bonchev–Trinajstić information content (AvgIpc) is 2.67. The van der Waals surface area contributed by atoms with Gasteiger partial charge in [-0.1, -0.05) is 41.0 Å². The average molecular weight is 411 g/mol. The minimum absolute atomic E-state index is 0.0243. The Labute approximate surface area is 182 Å². The number of hydrogen-bond acceptors (Lipinski definition) is 3. The van der Waals surface area contributed by atoms with Gasteiger partial charge >= 0.3 is 0 Å². The van der Waals surface area contributed by atoms with E-state index < -0.39 is 6.10 Å². The molecule has 1 aliphatic carbocycles. The van der Waals surface area contributed by atoms with Crippen LogP contribution in [0, 0.1) is 0 Å². The van der Waals surface area contributed by atoms with Gasteiger partial charge in [0.1, 0.15) is 0 Å². The second-order valence-electron chi connectivity index (χ2n) is 8.59. The first-order chi connectivity index (χ1) is 14.1. The fourth-order valence-electron chi connectivity index (χ4n) is 3.19. The van der Waals surface area contributed by atoms with Gasteiger partial charge in [-0.25, -0.2) is 0 Å². The van der Waals surface area contributed by atoms with Crippen molar-refractivity contribution in [2.75, 3.05) is 0 Å². The van der Waals surface area contributed by atoms with Crippen molar-refractivity contribution in [3.8, 4) is 0 Å². The van der Waals surface area contributed by atoms with E-state index in [-0.39, 0.29) is 11.6 Å². The van der Waals surface area contributed by atoms with E-state index in [0.29, 0.717) is 24.0 Å². The first-order valence-corrected chi connectivity index (χ1v) is 10.9. The molecule has 0 bridgehead atoms. The molecule has 1 atom stereocenters. The molecule has 164 valence electrons. The molecule has 1 N–H and O–H groups in total. The van der Waals surface area contributed by atoms with E-state index in [4.69, 9.17) is 0 Å². The van der Waals surface area contributed by atoms with Crippen molar-refractivity contribution < 1.29 is 14.7 Å². The van der Waals surface area contributed by atoms with E-state index in [0.717, 1.165) is 31.3 Å². The van der Waals surface area contributed by atoms with Crippen LogP contribution in [0.25, 0.3) is 0 Å². The number of allylic oxidation sites excluding steroid dienone is 10. The predicted molar refractivity (Wildman–Crippen MR) is 126 cm³/mol. The lowest BCUT2D eigenvalue weighted by molar-refractivity contribution is -0.115. The van der Waals surface area contributed by atoms with Crippen molar-refractivity contribution in [3.05, 3.63) is 69.9 Å². The molecule has 3 heteroatoms. The van der Waals surface area contributed by atoms with Crippen LogP contribution in [0.4, 0.5) is 0 Å². The standard InChI is InChI=1S/C27H38O3/c1-19(2)13-16-26(29)22(5)12-8-11-20(3)9-7-10-21(4)14-15-24-18-25(28)17-23(6)27(24)30/h9,12-14,17-18,26,29H,7-8,10-11,15-16H2,1-6H3/b20-9+,21-14+,22-12+. The third kappa shape index (κ3) is 9.98. The summed E-state index contributed by atoms with van der Waals surface area (Å²) >= 11 is 0. The molecule has 0 aromatic rings. The third-order valence-corrected chi connectivity index (χ3v) is 5.31. The van der Waals surface area contributed by atoms with E-state index in [9.17, 15) is 14.7 Å². The fraction of sp³-hybridized carbons (Fsp3) is 0.481. The Kier molecular flexibility index (Phi) is 11.3. The lowest BCUT2D eigenvalue weighted by atomic mass is 9.94. The van der Waals surface area contributed by atoms with Crippen molar-refractivity contribution in [3.63, 3.8) is 0 Å². The smallest absolute Gasteiger partial charge is 0.185 e. The molecule has 1 aliphatic rings. The quantitative estimate of drug-likeness (QED) is 0.312. The van der Waals surface area contributed by atoms with Gasteiger partial charge in [-0.05, 0) is 97.8 Å². The van der Waals surface area contributed by atoms with Gasteiger partial charge in [-0.3, -0.25) is 9.59 Å². The summed E-state index contributed by atoms with van der Waals surface area (Å²) in [5, 5.41) is 10.1. The maximum Gasteiger partial charge on any atom is 0.185 e. The Morgan fingerprint density at radius 3 is 2.13 bits per heavy atom. The van der Waals surface area contributed by atoms with Crippen LogP contribution in [-0.4, -0.2) is 22.8 Å². The first kappa shape index (κ1) is 25.8. The van der Waals surface area contributed by atoms with Crippen molar-refractivity contribution in [2.45, 2.75) is 86.2 Å². The van der Waals surface area contributed by atoms with Gasteiger partial charge < -0.3 is 5.11 Å². The number of Topliss-reactive ketones (excluding diaryl/α,β-unsaturated/α-hetero) is 1. The summed E-state index contributed by atoms with van der Waals surface area (Å²) in [7, 11) is 0. The highest BCUT2D eigenvalue weighted by atomic mass is 16.3. The van der Waals surface area contributed by atoms with Gasteiger partial charge in [0.15, 0.2) is 11.6 Å². The lowest BCUT2D eigenvalue weighted by Gasteiger charge is -2.09. The zero-order chi connectivity index (χ0) is 22.7. The Morgan fingerprint density at radius 1 is 0.900 bits per heavy atom. The zero-order valence-corrected chi connectivity index (χ0v) is 19.5. The maximum atomic E-state index is 12.1. The molecule has 0 saturated heterocycles. The highest BCUT2D eigenvalue weighted by molar-refractivity contribution is 6.20. The molecule has 3 nitrogen and oxygen atoms in total. The molecule has 1 unspecified atom stereocenters. The Bertz CT molecular complexity index is 809. The summed E-state index contributed by atoms with van der Waals surface area (Å²) in [5.74, 6) is -0.121. The van der Waals surface area contributed by atoms with Gasteiger partial charge in [0.2, 0.25) is 0 Å². The second-order valence-corrected chi connectivity index (χ2v) is 8.59. The summed E-state index contributed by atoms with van der Waals surface area (Å²) in [5.41, 5.74) is 5.95. The highest BCUT2D eigenvalue weighted by Crippen LogP contribution is 2.18.